The molecule has 0 spiro atoms. The monoisotopic (exact) mass is 430 g/mol. The number of pyridine rings is 1. The smallest absolute Gasteiger partial charge is 0.383 e. The Bertz CT molecular complexity index is 1160. The normalized spacial score (nSPS) is 12.7. The fourth-order valence-corrected chi connectivity index (χ4v) is 3.24. The summed E-state index contributed by atoms with van der Waals surface area (Å²) in [5, 5.41) is 15.6. The number of aromatic nitrogens is 2. The summed E-state index contributed by atoms with van der Waals surface area (Å²) in [6.45, 7) is 0. The Balaban J connectivity index is 1.91. The average Bonchev–Trinajstić information content (AvgIpc) is 3.19. The van der Waals surface area contributed by atoms with Gasteiger partial charge in [0.25, 0.3) is 0 Å². The maximum absolute atomic E-state index is 13.2. The summed E-state index contributed by atoms with van der Waals surface area (Å²) in [6, 6.07) is 14.7. The Hall–Kier alpha value is -3.16. The summed E-state index contributed by atoms with van der Waals surface area (Å²) < 4.78 is 45.0. The highest BCUT2D eigenvalue weighted by Gasteiger charge is 2.32. The number of benzene rings is 2. The van der Waals surface area contributed by atoms with Crippen molar-refractivity contribution in [1.82, 2.24) is 10.1 Å². The van der Waals surface area contributed by atoms with Crippen LogP contribution in [0.2, 0.25) is 5.02 Å². The first-order valence-electron chi connectivity index (χ1n) is 8.85. The molecule has 0 fully saturated rings. The van der Waals surface area contributed by atoms with E-state index in [0.717, 1.165) is 12.1 Å². The van der Waals surface area contributed by atoms with E-state index < -0.39 is 17.8 Å². The largest absolute Gasteiger partial charge is 0.416 e. The number of nitrogens with zero attached hydrogens (tertiary/aromatic N) is 2. The summed E-state index contributed by atoms with van der Waals surface area (Å²) in [5.74, 6) is 0.0439. The van der Waals surface area contributed by atoms with Crippen LogP contribution in [0.15, 0.2) is 77.6 Å². The number of hydrogen-bond acceptors (Lipinski definition) is 4. The third-order valence-corrected chi connectivity index (χ3v) is 4.82. The van der Waals surface area contributed by atoms with Gasteiger partial charge in [-0.25, -0.2) is 0 Å². The van der Waals surface area contributed by atoms with Crippen LogP contribution in [0.4, 0.5) is 13.2 Å². The third kappa shape index (κ3) is 3.94. The molecule has 152 valence electrons. The lowest BCUT2D eigenvalue weighted by Gasteiger charge is -2.13. The molecule has 1 N–H and O–H groups in total. The van der Waals surface area contributed by atoms with Crippen LogP contribution < -0.4 is 0 Å². The molecule has 4 rings (SSSR count). The van der Waals surface area contributed by atoms with Gasteiger partial charge in [0, 0.05) is 34.1 Å². The van der Waals surface area contributed by atoms with E-state index in [1.807, 2.05) is 0 Å². The minimum atomic E-state index is -4.52. The second-order valence-electron chi connectivity index (χ2n) is 6.55. The van der Waals surface area contributed by atoms with Crippen molar-refractivity contribution in [2.75, 3.05) is 0 Å². The Morgan fingerprint density at radius 3 is 2.40 bits per heavy atom. The minimum Gasteiger partial charge on any atom is -0.383 e. The van der Waals surface area contributed by atoms with Crippen LogP contribution in [0, 0.1) is 0 Å². The number of aliphatic hydroxyl groups is 1. The highest BCUT2D eigenvalue weighted by atomic mass is 35.5. The molecule has 4 nitrogen and oxygen atoms in total. The molecule has 0 aliphatic carbocycles. The highest BCUT2D eigenvalue weighted by molar-refractivity contribution is 6.30. The van der Waals surface area contributed by atoms with Crippen LogP contribution in [-0.4, -0.2) is 15.2 Å². The van der Waals surface area contributed by atoms with E-state index >= 15 is 0 Å². The number of aliphatic hydroxyl groups excluding tert-OH is 1. The van der Waals surface area contributed by atoms with E-state index in [9.17, 15) is 18.3 Å². The molecule has 4 aromatic rings. The Morgan fingerprint density at radius 1 is 0.967 bits per heavy atom. The van der Waals surface area contributed by atoms with Crippen LogP contribution in [0.1, 0.15) is 22.8 Å². The van der Waals surface area contributed by atoms with Crippen molar-refractivity contribution >= 4 is 11.6 Å². The van der Waals surface area contributed by atoms with E-state index in [2.05, 4.69) is 10.1 Å². The molecule has 0 radical (unpaired) electrons. The van der Waals surface area contributed by atoms with Crippen LogP contribution >= 0.6 is 11.6 Å². The number of hydrogen-bond donors (Lipinski definition) is 1. The highest BCUT2D eigenvalue weighted by Crippen LogP contribution is 2.40. The predicted molar refractivity (Wildman–Crippen MR) is 106 cm³/mol. The topological polar surface area (TPSA) is 59.2 Å². The molecule has 30 heavy (non-hydrogen) atoms. The van der Waals surface area contributed by atoms with Gasteiger partial charge in [-0.1, -0.05) is 47.1 Å². The van der Waals surface area contributed by atoms with Crippen molar-refractivity contribution in [3.8, 4) is 22.6 Å². The summed E-state index contributed by atoms with van der Waals surface area (Å²) in [6.07, 6.45) is -2.71. The molecular formula is C22H14ClF3N2O2. The van der Waals surface area contributed by atoms with Gasteiger partial charge in [-0.15, -0.1) is 0 Å². The molecule has 8 heteroatoms. The lowest BCUT2D eigenvalue weighted by molar-refractivity contribution is -0.137. The summed E-state index contributed by atoms with van der Waals surface area (Å²) in [5.41, 5.74) is 0.908. The summed E-state index contributed by atoms with van der Waals surface area (Å²) in [7, 11) is 0. The van der Waals surface area contributed by atoms with Gasteiger partial charge in [-0.05, 0) is 30.3 Å². The number of halogens is 4. The van der Waals surface area contributed by atoms with E-state index in [0.29, 0.717) is 21.8 Å². The third-order valence-electron chi connectivity index (χ3n) is 4.57. The molecule has 0 saturated carbocycles. The lowest BCUT2D eigenvalue weighted by Crippen LogP contribution is -2.05. The standard InChI is InChI=1S/C22H14ClF3N2O2/c23-17-8-6-13(7-9-17)19-18(20(29)15-4-2-10-27-12-15)21(30-28-19)14-3-1-5-16(11-14)22(24,25)26/h1-12,20,29H. The van der Waals surface area contributed by atoms with Gasteiger partial charge >= 0.3 is 6.18 Å². The molecule has 0 aliphatic rings. The molecule has 1 atom stereocenters. The summed E-state index contributed by atoms with van der Waals surface area (Å²) >= 11 is 5.95. The van der Waals surface area contributed by atoms with E-state index in [4.69, 9.17) is 16.1 Å². The van der Waals surface area contributed by atoms with Gasteiger partial charge in [0.05, 0.1) is 11.1 Å². The van der Waals surface area contributed by atoms with Gasteiger partial charge in [0.1, 0.15) is 11.8 Å². The second kappa shape index (κ2) is 7.93. The maximum Gasteiger partial charge on any atom is 0.416 e. The van der Waals surface area contributed by atoms with Crippen molar-refractivity contribution < 1.29 is 22.8 Å². The van der Waals surface area contributed by atoms with E-state index in [-0.39, 0.29) is 16.9 Å². The second-order valence-corrected chi connectivity index (χ2v) is 6.98. The molecule has 2 aromatic heterocycles. The zero-order valence-corrected chi connectivity index (χ0v) is 16.0. The van der Waals surface area contributed by atoms with Crippen molar-refractivity contribution in [2.45, 2.75) is 12.3 Å². The first-order valence-corrected chi connectivity index (χ1v) is 9.23. The van der Waals surface area contributed by atoms with E-state index in [1.54, 1.807) is 42.6 Å². The zero-order chi connectivity index (χ0) is 21.3. The lowest BCUT2D eigenvalue weighted by atomic mass is 9.94. The molecule has 2 aromatic carbocycles. The Labute approximate surface area is 174 Å². The molecule has 0 bridgehead atoms. The van der Waals surface area contributed by atoms with Gasteiger partial charge in [-0.2, -0.15) is 13.2 Å². The molecule has 0 amide bonds. The number of alkyl halides is 3. The molecule has 2 heterocycles. The maximum atomic E-state index is 13.2. The average molecular weight is 431 g/mol. The van der Waals surface area contributed by atoms with Crippen molar-refractivity contribution in [2.24, 2.45) is 0 Å². The molecule has 1 unspecified atom stereocenters. The van der Waals surface area contributed by atoms with Crippen molar-refractivity contribution in [3.05, 3.63) is 94.8 Å². The molecular weight excluding hydrogens is 417 g/mol. The SMILES string of the molecule is OC(c1cccnc1)c1c(-c2ccc(Cl)cc2)noc1-c1cccc(C(F)(F)F)c1. The van der Waals surface area contributed by atoms with E-state index in [1.165, 1.54) is 18.3 Å². The Kier molecular flexibility index (Phi) is 5.32. The zero-order valence-electron chi connectivity index (χ0n) is 15.3. The van der Waals surface area contributed by atoms with Crippen molar-refractivity contribution in [3.63, 3.8) is 0 Å². The van der Waals surface area contributed by atoms with Gasteiger partial charge in [0.2, 0.25) is 0 Å². The summed E-state index contributed by atoms with van der Waals surface area (Å²) in [4.78, 5) is 4.00. The van der Waals surface area contributed by atoms with Crippen LogP contribution in [0.25, 0.3) is 22.6 Å². The van der Waals surface area contributed by atoms with Crippen LogP contribution in [-0.2, 0) is 6.18 Å². The van der Waals surface area contributed by atoms with Gasteiger partial charge in [0.15, 0.2) is 5.76 Å². The Morgan fingerprint density at radius 2 is 1.73 bits per heavy atom. The minimum absolute atomic E-state index is 0.0439. The quantitative estimate of drug-likeness (QED) is 0.421. The first-order chi connectivity index (χ1) is 14.3. The van der Waals surface area contributed by atoms with Crippen molar-refractivity contribution in [1.29, 1.82) is 0 Å². The van der Waals surface area contributed by atoms with Gasteiger partial charge < -0.3 is 9.63 Å². The first kappa shape index (κ1) is 20.1. The predicted octanol–water partition coefficient (Wildman–Crippen LogP) is 6.16. The molecule has 0 saturated heterocycles. The van der Waals surface area contributed by atoms with Crippen LogP contribution in [0.5, 0.6) is 0 Å². The van der Waals surface area contributed by atoms with Crippen LogP contribution in [0.3, 0.4) is 0 Å². The fourth-order valence-electron chi connectivity index (χ4n) is 3.12. The fraction of sp³-hybridized carbons (Fsp3) is 0.0909. The molecule has 0 aliphatic heterocycles. The van der Waals surface area contributed by atoms with Gasteiger partial charge in [-0.3, -0.25) is 4.98 Å². The number of rotatable bonds is 4.